The van der Waals surface area contributed by atoms with Crippen LogP contribution in [0.4, 0.5) is 5.82 Å². The number of nitrogens with zero attached hydrogens (tertiary/aromatic N) is 3. The Labute approximate surface area is 166 Å². The van der Waals surface area contributed by atoms with Crippen LogP contribution in [0.2, 0.25) is 0 Å². The second-order valence-electron chi connectivity index (χ2n) is 6.64. The van der Waals surface area contributed by atoms with Crippen LogP contribution < -0.4 is 21.6 Å². The molecule has 0 radical (unpaired) electrons. The Kier molecular flexibility index (Phi) is 5.93. The molecule has 2 atom stereocenters. The SMILES string of the molecule is CC(N)C(=O)N1CCC[C@@H](C(=O)NN(C)c2ccc3ccc(Br)cc3n2)N1. The fourth-order valence-electron chi connectivity index (χ4n) is 2.95. The zero-order valence-corrected chi connectivity index (χ0v) is 16.9. The van der Waals surface area contributed by atoms with Crippen LogP contribution in [0.5, 0.6) is 0 Å². The lowest BCUT2D eigenvalue weighted by Crippen LogP contribution is -2.61. The number of nitrogens with one attached hydrogen (secondary N) is 2. The van der Waals surface area contributed by atoms with Crippen molar-refractivity contribution in [3.05, 3.63) is 34.8 Å². The number of amides is 2. The highest BCUT2D eigenvalue weighted by molar-refractivity contribution is 9.10. The van der Waals surface area contributed by atoms with Crippen LogP contribution in [0.3, 0.4) is 0 Å². The van der Waals surface area contributed by atoms with Crippen molar-refractivity contribution in [3.8, 4) is 0 Å². The lowest BCUT2D eigenvalue weighted by atomic mass is 10.1. The molecule has 1 aromatic carbocycles. The predicted octanol–water partition coefficient (Wildman–Crippen LogP) is 1.31. The zero-order valence-electron chi connectivity index (χ0n) is 15.3. The molecule has 0 aliphatic carbocycles. The molecule has 2 amide bonds. The number of benzene rings is 1. The lowest BCUT2D eigenvalue weighted by molar-refractivity contribution is -0.140. The molecule has 144 valence electrons. The average molecular weight is 435 g/mol. The highest BCUT2D eigenvalue weighted by atomic mass is 79.9. The molecule has 0 bridgehead atoms. The number of nitrogens with two attached hydrogens (primary N) is 1. The maximum Gasteiger partial charge on any atom is 0.257 e. The number of pyridine rings is 1. The van der Waals surface area contributed by atoms with Crippen LogP contribution in [0.15, 0.2) is 34.8 Å². The third kappa shape index (κ3) is 4.55. The first kappa shape index (κ1) is 19.5. The van der Waals surface area contributed by atoms with E-state index in [4.69, 9.17) is 5.73 Å². The number of hydrazine groups is 2. The van der Waals surface area contributed by atoms with E-state index in [9.17, 15) is 9.59 Å². The molecular formula is C18H23BrN6O2. The number of carbonyl (C=O) groups excluding carboxylic acids is 2. The molecule has 1 aliphatic rings. The molecule has 8 nitrogen and oxygen atoms in total. The Morgan fingerprint density at radius 1 is 1.41 bits per heavy atom. The third-order valence-electron chi connectivity index (χ3n) is 4.42. The minimum atomic E-state index is -0.608. The van der Waals surface area contributed by atoms with Gasteiger partial charge in [-0.3, -0.25) is 25.0 Å². The van der Waals surface area contributed by atoms with Crippen molar-refractivity contribution in [2.75, 3.05) is 18.6 Å². The van der Waals surface area contributed by atoms with Gasteiger partial charge in [-0.2, -0.15) is 0 Å². The van der Waals surface area contributed by atoms with E-state index in [2.05, 4.69) is 31.8 Å². The predicted molar refractivity (Wildman–Crippen MR) is 108 cm³/mol. The van der Waals surface area contributed by atoms with Gasteiger partial charge in [-0.15, -0.1) is 0 Å². The van der Waals surface area contributed by atoms with E-state index in [1.54, 1.807) is 19.0 Å². The minimum Gasteiger partial charge on any atom is -0.320 e. The third-order valence-corrected chi connectivity index (χ3v) is 4.91. The molecule has 3 rings (SSSR count). The monoisotopic (exact) mass is 434 g/mol. The van der Waals surface area contributed by atoms with Gasteiger partial charge in [0.1, 0.15) is 11.9 Å². The number of anilines is 1. The summed E-state index contributed by atoms with van der Waals surface area (Å²) in [5.41, 5.74) is 12.3. The van der Waals surface area contributed by atoms with Crippen molar-refractivity contribution >= 4 is 44.5 Å². The highest BCUT2D eigenvalue weighted by Crippen LogP contribution is 2.21. The first-order valence-electron chi connectivity index (χ1n) is 8.79. The van der Waals surface area contributed by atoms with Crippen LogP contribution in [0, 0.1) is 0 Å². The first-order valence-corrected chi connectivity index (χ1v) is 9.58. The number of aromatic nitrogens is 1. The Bertz CT molecular complexity index is 859. The molecule has 2 heterocycles. The highest BCUT2D eigenvalue weighted by Gasteiger charge is 2.29. The second kappa shape index (κ2) is 8.20. The van der Waals surface area contributed by atoms with E-state index in [0.717, 1.165) is 21.8 Å². The number of rotatable bonds is 4. The minimum absolute atomic E-state index is 0.220. The first-order chi connectivity index (χ1) is 12.8. The summed E-state index contributed by atoms with van der Waals surface area (Å²) in [5.74, 6) is 0.173. The van der Waals surface area contributed by atoms with Gasteiger partial charge in [-0.25, -0.2) is 10.4 Å². The van der Waals surface area contributed by atoms with E-state index in [1.165, 1.54) is 5.01 Å². The summed E-state index contributed by atoms with van der Waals surface area (Å²) < 4.78 is 0.941. The van der Waals surface area contributed by atoms with E-state index >= 15 is 0 Å². The van der Waals surface area contributed by atoms with E-state index < -0.39 is 12.1 Å². The molecule has 4 N–H and O–H groups in total. The summed E-state index contributed by atoms with van der Waals surface area (Å²) >= 11 is 3.44. The van der Waals surface area contributed by atoms with Crippen molar-refractivity contribution in [2.45, 2.75) is 31.8 Å². The normalized spacial score (nSPS) is 18.2. The van der Waals surface area contributed by atoms with Crippen LogP contribution >= 0.6 is 15.9 Å². The standard InChI is InChI=1S/C18H23BrN6O2/c1-11(20)18(27)25-9-3-4-14(22-25)17(26)23-24(2)16-8-6-12-5-7-13(19)10-15(12)21-16/h5-8,10-11,14,22H,3-4,9,20H2,1-2H3,(H,23,26)/t11?,14-/m0/s1. The molecule has 1 unspecified atom stereocenters. The van der Waals surface area contributed by atoms with Gasteiger partial charge in [0.2, 0.25) is 0 Å². The molecule has 1 saturated heterocycles. The maximum absolute atomic E-state index is 12.6. The Balaban J connectivity index is 1.67. The lowest BCUT2D eigenvalue weighted by Gasteiger charge is -2.34. The summed E-state index contributed by atoms with van der Waals surface area (Å²) in [4.78, 5) is 29.2. The fraction of sp³-hybridized carbons (Fsp3) is 0.389. The van der Waals surface area contributed by atoms with Gasteiger partial charge in [0.15, 0.2) is 0 Å². The Morgan fingerprint density at radius 2 is 2.15 bits per heavy atom. The summed E-state index contributed by atoms with van der Waals surface area (Å²) in [6.07, 6.45) is 1.37. The summed E-state index contributed by atoms with van der Waals surface area (Å²) in [6, 6.07) is 8.55. The van der Waals surface area contributed by atoms with Crippen molar-refractivity contribution in [2.24, 2.45) is 5.73 Å². The molecule has 1 fully saturated rings. The number of halogens is 1. The summed E-state index contributed by atoms with van der Waals surface area (Å²) in [5, 5.41) is 4.03. The van der Waals surface area contributed by atoms with E-state index in [0.29, 0.717) is 18.8 Å². The van der Waals surface area contributed by atoms with Crippen LogP contribution in [-0.4, -0.2) is 47.5 Å². The molecule has 1 aliphatic heterocycles. The number of carbonyl (C=O) groups is 2. The van der Waals surface area contributed by atoms with Crippen molar-refractivity contribution < 1.29 is 9.59 Å². The van der Waals surface area contributed by atoms with Crippen molar-refractivity contribution in [3.63, 3.8) is 0 Å². The Hall–Kier alpha value is -2.23. The number of hydrogen-bond acceptors (Lipinski definition) is 6. The van der Waals surface area contributed by atoms with Gasteiger partial charge >= 0.3 is 0 Å². The second-order valence-corrected chi connectivity index (χ2v) is 7.56. The molecule has 2 aromatic rings. The van der Waals surface area contributed by atoms with Crippen LogP contribution in [0.1, 0.15) is 19.8 Å². The molecule has 1 aromatic heterocycles. The smallest absolute Gasteiger partial charge is 0.257 e. The molecular weight excluding hydrogens is 412 g/mol. The largest absolute Gasteiger partial charge is 0.320 e. The molecule has 9 heteroatoms. The van der Waals surface area contributed by atoms with Gasteiger partial charge in [0, 0.05) is 23.5 Å². The molecule has 27 heavy (non-hydrogen) atoms. The van der Waals surface area contributed by atoms with Crippen LogP contribution in [0.25, 0.3) is 10.9 Å². The fourth-order valence-corrected chi connectivity index (χ4v) is 3.30. The maximum atomic E-state index is 12.6. The number of hydrogen-bond donors (Lipinski definition) is 3. The van der Waals surface area contributed by atoms with Gasteiger partial charge in [-0.1, -0.05) is 22.0 Å². The van der Waals surface area contributed by atoms with Gasteiger partial charge in [0.25, 0.3) is 11.8 Å². The molecule has 0 spiro atoms. The average Bonchev–Trinajstić information content (AvgIpc) is 2.66. The van der Waals surface area contributed by atoms with Gasteiger partial charge < -0.3 is 5.73 Å². The molecule has 0 saturated carbocycles. The Morgan fingerprint density at radius 3 is 2.89 bits per heavy atom. The van der Waals surface area contributed by atoms with Crippen LogP contribution in [-0.2, 0) is 9.59 Å². The van der Waals surface area contributed by atoms with Gasteiger partial charge in [0.05, 0.1) is 11.6 Å². The summed E-state index contributed by atoms with van der Waals surface area (Å²) in [7, 11) is 1.73. The quantitative estimate of drug-likeness (QED) is 0.626. The summed E-state index contributed by atoms with van der Waals surface area (Å²) in [6.45, 7) is 2.17. The van der Waals surface area contributed by atoms with Crippen molar-refractivity contribution in [1.29, 1.82) is 0 Å². The van der Waals surface area contributed by atoms with E-state index in [1.807, 2.05) is 30.3 Å². The van der Waals surface area contributed by atoms with Gasteiger partial charge in [-0.05, 0) is 44.0 Å². The van der Waals surface area contributed by atoms with E-state index in [-0.39, 0.29) is 11.8 Å². The topological polar surface area (TPSA) is 104 Å². The van der Waals surface area contributed by atoms with Crippen molar-refractivity contribution in [1.82, 2.24) is 20.8 Å². The number of fused-ring (bicyclic) bond motifs is 1. The zero-order chi connectivity index (χ0) is 19.6.